The lowest BCUT2D eigenvalue weighted by molar-refractivity contribution is 0.0409. The van der Waals surface area contributed by atoms with Crippen molar-refractivity contribution in [3.63, 3.8) is 0 Å². The van der Waals surface area contributed by atoms with E-state index in [2.05, 4.69) is 17.1 Å². The zero-order chi connectivity index (χ0) is 10.5. The molecule has 0 spiro atoms. The molecule has 1 aliphatic carbocycles. The third-order valence-corrected chi connectivity index (χ3v) is 4.93. The summed E-state index contributed by atoms with van der Waals surface area (Å²) in [7, 11) is 1.86. The Labute approximate surface area is 97.5 Å². The predicted molar refractivity (Wildman–Crippen MR) is 66.5 cm³/mol. The van der Waals surface area contributed by atoms with Gasteiger partial charge in [0.15, 0.2) is 0 Å². The van der Waals surface area contributed by atoms with E-state index in [1.165, 1.54) is 50.2 Å². The molecule has 0 aromatic carbocycles. The van der Waals surface area contributed by atoms with E-state index in [0.29, 0.717) is 12.1 Å². The van der Waals surface area contributed by atoms with E-state index >= 15 is 0 Å². The van der Waals surface area contributed by atoms with Gasteiger partial charge in [0, 0.05) is 13.2 Å². The van der Waals surface area contributed by atoms with Crippen molar-refractivity contribution in [2.45, 2.75) is 44.2 Å². The quantitative estimate of drug-likeness (QED) is 0.799. The Balaban J connectivity index is 1.71. The SMILES string of the molecule is COC1CCCCC1NCC1CCSC1. The molecule has 1 aliphatic heterocycles. The fourth-order valence-corrected chi connectivity index (χ4v) is 3.96. The summed E-state index contributed by atoms with van der Waals surface area (Å²) in [6.45, 7) is 1.21. The van der Waals surface area contributed by atoms with E-state index in [1.807, 2.05) is 7.11 Å². The first-order valence-electron chi connectivity index (χ1n) is 6.24. The van der Waals surface area contributed by atoms with E-state index in [0.717, 1.165) is 5.92 Å². The van der Waals surface area contributed by atoms with Crippen LogP contribution in [-0.4, -0.2) is 37.3 Å². The van der Waals surface area contributed by atoms with Crippen molar-refractivity contribution in [2.24, 2.45) is 5.92 Å². The van der Waals surface area contributed by atoms with Crippen LogP contribution in [0.4, 0.5) is 0 Å². The summed E-state index contributed by atoms with van der Waals surface area (Å²) in [4.78, 5) is 0. The third kappa shape index (κ3) is 3.36. The van der Waals surface area contributed by atoms with Crippen molar-refractivity contribution in [1.29, 1.82) is 0 Å². The van der Waals surface area contributed by atoms with E-state index in [4.69, 9.17) is 4.74 Å². The van der Waals surface area contributed by atoms with Crippen molar-refractivity contribution in [1.82, 2.24) is 5.32 Å². The first-order chi connectivity index (χ1) is 7.40. The molecule has 3 heteroatoms. The molecule has 1 heterocycles. The first-order valence-corrected chi connectivity index (χ1v) is 7.39. The van der Waals surface area contributed by atoms with Gasteiger partial charge in [-0.15, -0.1) is 0 Å². The summed E-state index contributed by atoms with van der Waals surface area (Å²) in [5, 5.41) is 3.73. The minimum Gasteiger partial charge on any atom is -0.380 e. The van der Waals surface area contributed by atoms with Gasteiger partial charge in [0.05, 0.1) is 6.10 Å². The Hall–Kier alpha value is 0.270. The summed E-state index contributed by atoms with van der Waals surface area (Å²) in [5.41, 5.74) is 0. The van der Waals surface area contributed by atoms with Crippen LogP contribution in [0.1, 0.15) is 32.1 Å². The minimum atomic E-state index is 0.466. The number of rotatable bonds is 4. The molecular weight excluding hydrogens is 206 g/mol. The van der Waals surface area contributed by atoms with Crippen LogP contribution >= 0.6 is 11.8 Å². The predicted octanol–water partition coefficient (Wildman–Crippen LogP) is 2.29. The zero-order valence-corrected chi connectivity index (χ0v) is 10.5. The maximum absolute atomic E-state index is 5.55. The number of methoxy groups -OCH3 is 1. The molecule has 0 bridgehead atoms. The van der Waals surface area contributed by atoms with Gasteiger partial charge < -0.3 is 10.1 Å². The standard InChI is InChI=1S/C12H23NOS/c1-14-12-5-3-2-4-11(12)13-8-10-6-7-15-9-10/h10-13H,2-9H2,1H3. The molecule has 2 rings (SSSR count). The number of nitrogens with one attached hydrogen (secondary N) is 1. The van der Waals surface area contributed by atoms with Gasteiger partial charge in [0.2, 0.25) is 0 Å². The van der Waals surface area contributed by atoms with Crippen molar-refractivity contribution < 1.29 is 4.74 Å². The second-order valence-corrected chi connectivity index (χ2v) is 5.95. The Kier molecular flexibility index (Phi) is 4.79. The van der Waals surface area contributed by atoms with Crippen LogP contribution in [0.15, 0.2) is 0 Å². The van der Waals surface area contributed by atoms with Crippen LogP contribution in [0, 0.1) is 5.92 Å². The zero-order valence-electron chi connectivity index (χ0n) is 9.71. The van der Waals surface area contributed by atoms with Crippen molar-refractivity contribution >= 4 is 11.8 Å². The molecular formula is C12H23NOS. The van der Waals surface area contributed by atoms with E-state index in [-0.39, 0.29) is 0 Å². The molecule has 15 heavy (non-hydrogen) atoms. The Bertz CT molecular complexity index is 182. The lowest BCUT2D eigenvalue weighted by atomic mass is 9.92. The molecule has 1 N–H and O–H groups in total. The average Bonchev–Trinajstić information content (AvgIpc) is 2.79. The van der Waals surface area contributed by atoms with Gasteiger partial charge >= 0.3 is 0 Å². The highest BCUT2D eigenvalue weighted by Crippen LogP contribution is 2.24. The summed E-state index contributed by atoms with van der Waals surface area (Å²) < 4.78 is 5.55. The average molecular weight is 229 g/mol. The van der Waals surface area contributed by atoms with Crippen LogP contribution in [0.25, 0.3) is 0 Å². The van der Waals surface area contributed by atoms with E-state index in [9.17, 15) is 0 Å². The molecule has 1 saturated carbocycles. The third-order valence-electron chi connectivity index (χ3n) is 3.70. The van der Waals surface area contributed by atoms with E-state index in [1.54, 1.807) is 0 Å². The molecule has 2 fully saturated rings. The summed E-state index contributed by atoms with van der Waals surface area (Å²) in [6.07, 6.45) is 7.13. The van der Waals surface area contributed by atoms with Gasteiger partial charge in [0.25, 0.3) is 0 Å². The minimum absolute atomic E-state index is 0.466. The largest absolute Gasteiger partial charge is 0.380 e. The maximum Gasteiger partial charge on any atom is 0.0724 e. The maximum atomic E-state index is 5.55. The lowest BCUT2D eigenvalue weighted by Crippen LogP contribution is -2.44. The van der Waals surface area contributed by atoms with Gasteiger partial charge in [-0.25, -0.2) is 0 Å². The molecule has 2 aliphatic rings. The first kappa shape index (κ1) is 11.7. The van der Waals surface area contributed by atoms with Crippen LogP contribution in [-0.2, 0) is 4.74 Å². The highest BCUT2D eigenvalue weighted by atomic mass is 32.2. The lowest BCUT2D eigenvalue weighted by Gasteiger charge is -2.32. The summed E-state index contributed by atoms with van der Waals surface area (Å²) in [6, 6.07) is 0.620. The monoisotopic (exact) mass is 229 g/mol. The molecule has 3 unspecified atom stereocenters. The fourth-order valence-electron chi connectivity index (χ4n) is 2.67. The summed E-state index contributed by atoms with van der Waals surface area (Å²) >= 11 is 2.10. The Morgan fingerprint density at radius 3 is 2.87 bits per heavy atom. The molecule has 2 nitrogen and oxygen atoms in total. The van der Waals surface area contributed by atoms with Gasteiger partial charge in [-0.2, -0.15) is 11.8 Å². The highest BCUT2D eigenvalue weighted by Gasteiger charge is 2.25. The molecule has 88 valence electrons. The topological polar surface area (TPSA) is 21.3 Å². The van der Waals surface area contributed by atoms with E-state index < -0.39 is 0 Å². The van der Waals surface area contributed by atoms with Crippen molar-refractivity contribution in [3.8, 4) is 0 Å². The molecule has 3 atom stereocenters. The van der Waals surface area contributed by atoms with Crippen LogP contribution in [0.5, 0.6) is 0 Å². The molecule has 0 aromatic heterocycles. The van der Waals surface area contributed by atoms with Crippen molar-refractivity contribution in [2.75, 3.05) is 25.2 Å². The van der Waals surface area contributed by atoms with Crippen molar-refractivity contribution in [3.05, 3.63) is 0 Å². The van der Waals surface area contributed by atoms with Gasteiger partial charge in [0.1, 0.15) is 0 Å². The van der Waals surface area contributed by atoms with Gasteiger partial charge in [-0.3, -0.25) is 0 Å². The molecule has 0 aromatic rings. The normalized spacial score (nSPS) is 37.0. The number of ether oxygens (including phenoxy) is 1. The second kappa shape index (κ2) is 6.12. The second-order valence-electron chi connectivity index (χ2n) is 4.80. The van der Waals surface area contributed by atoms with Crippen LogP contribution in [0.2, 0.25) is 0 Å². The fraction of sp³-hybridized carbons (Fsp3) is 1.00. The van der Waals surface area contributed by atoms with Crippen LogP contribution in [0.3, 0.4) is 0 Å². The molecule has 1 saturated heterocycles. The Morgan fingerprint density at radius 2 is 2.13 bits per heavy atom. The van der Waals surface area contributed by atoms with Gasteiger partial charge in [-0.05, 0) is 43.2 Å². The number of thioether (sulfide) groups is 1. The number of hydrogen-bond donors (Lipinski definition) is 1. The van der Waals surface area contributed by atoms with Crippen LogP contribution < -0.4 is 5.32 Å². The Morgan fingerprint density at radius 1 is 1.27 bits per heavy atom. The highest BCUT2D eigenvalue weighted by molar-refractivity contribution is 7.99. The molecule has 0 radical (unpaired) electrons. The molecule has 0 amide bonds. The summed E-state index contributed by atoms with van der Waals surface area (Å²) in [5.74, 6) is 3.64. The number of hydrogen-bond acceptors (Lipinski definition) is 3. The smallest absolute Gasteiger partial charge is 0.0724 e. The van der Waals surface area contributed by atoms with Gasteiger partial charge in [-0.1, -0.05) is 12.8 Å².